The Bertz CT molecular complexity index is 815. The van der Waals surface area contributed by atoms with E-state index in [1.807, 2.05) is 6.92 Å². The Morgan fingerprint density at radius 1 is 1.07 bits per heavy atom. The topological polar surface area (TPSA) is 120 Å². The number of ether oxygens (including phenoxy) is 3. The Hall–Kier alpha value is -3.36. The Balaban J connectivity index is 1.99. The average Bonchev–Trinajstić information content (AvgIpc) is 2.70. The minimum absolute atomic E-state index is 0.0731. The average molecular weight is 404 g/mol. The highest BCUT2D eigenvalue weighted by molar-refractivity contribution is 5.95. The summed E-state index contributed by atoms with van der Waals surface area (Å²) >= 11 is 0. The fourth-order valence-corrected chi connectivity index (χ4v) is 2.70. The van der Waals surface area contributed by atoms with E-state index in [0.717, 1.165) is 0 Å². The zero-order chi connectivity index (χ0) is 21.4. The summed E-state index contributed by atoms with van der Waals surface area (Å²) in [4.78, 5) is 47.3. The lowest BCUT2D eigenvalue weighted by Gasteiger charge is -2.28. The highest BCUT2D eigenvalue weighted by atomic mass is 16.6. The maximum absolute atomic E-state index is 12.3. The number of urea groups is 1. The molecule has 0 spiro atoms. The third kappa shape index (κ3) is 6.06. The third-order valence-electron chi connectivity index (χ3n) is 4.14. The number of nitrogens with one attached hydrogen (secondary N) is 2. The standard InChI is InChI=1S/C20H24N2O7/c1-4-15-18(19(25)27-5-2)16(22-20(26)21-15)10-29-17(24)11-28-14-8-6-13(7-9-14)12(3)23/h6-9,15H,4-5,10-11H2,1-3H3,(H2,21,22,26)/t15-/m0/s1. The van der Waals surface area contributed by atoms with Gasteiger partial charge in [0.05, 0.1) is 23.9 Å². The first-order chi connectivity index (χ1) is 13.8. The van der Waals surface area contributed by atoms with Gasteiger partial charge in [-0.1, -0.05) is 6.92 Å². The normalized spacial score (nSPS) is 15.8. The van der Waals surface area contributed by atoms with Crippen molar-refractivity contribution in [3.8, 4) is 5.75 Å². The number of amides is 2. The van der Waals surface area contributed by atoms with Gasteiger partial charge in [-0.15, -0.1) is 0 Å². The van der Waals surface area contributed by atoms with Crippen molar-refractivity contribution in [1.29, 1.82) is 0 Å². The molecule has 1 heterocycles. The maximum atomic E-state index is 12.3. The molecule has 1 aliphatic heterocycles. The van der Waals surface area contributed by atoms with Crippen molar-refractivity contribution in [2.45, 2.75) is 33.2 Å². The van der Waals surface area contributed by atoms with Crippen LogP contribution in [-0.2, 0) is 19.1 Å². The molecule has 156 valence electrons. The second-order valence-electron chi connectivity index (χ2n) is 6.20. The van der Waals surface area contributed by atoms with Crippen LogP contribution in [-0.4, -0.2) is 49.6 Å². The monoisotopic (exact) mass is 404 g/mol. The van der Waals surface area contributed by atoms with Gasteiger partial charge >= 0.3 is 18.0 Å². The molecule has 9 heteroatoms. The summed E-state index contributed by atoms with van der Waals surface area (Å²) in [6.45, 7) is 4.44. The quantitative estimate of drug-likeness (QED) is 0.475. The molecule has 1 aromatic rings. The summed E-state index contributed by atoms with van der Waals surface area (Å²) < 4.78 is 15.5. The van der Waals surface area contributed by atoms with E-state index in [2.05, 4.69) is 10.6 Å². The van der Waals surface area contributed by atoms with Gasteiger partial charge in [-0.3, -0.25) is 4.79 Å². The Morgan fingerprint density at radius 3 is 2.34 bits per heavy atom. The number of carbonyl (C=O) groups is 4. The second-order valence-corrected chi connectivity index (χ2v) is 6.20. The summed E-state index contributed by atoms with van der Waals surface area (Å²) in [5, 5.41) is 5.13. The number of rotatable bonds is 9. The first kappa shape index (κ1) is 21.9. The Morgan fingerprint density at radius 2 is 1.76 bits per heavy atom. The van der Waals surface area contributed by atoms with Crippen molar-refractivity contribution < 1.29 is 33.4 Å². The number of benzene rings is 1. The number of esters is 2. The third-order valence-corrected chi connectivity index (χ3v) is 4.14. The molecule has 2 amide bonds. The molecule has 1 aliphatic rings. The molecular weight excluding hydrogens is 380 g/mol. The van der Waals surface area contributed by atoms with Crippen LogP contribution < -0.4 is 15.4 Å². The minimum Gasteiger partial charge on any atom is -0.482 e. The van der Waals surface area contributed by atoms with Gasteiger partial charge < -0.3 is 24.8 Å². The minimum atomic E-state index is -0.683. The summed E-state index contributed by atoms with van der Waals surface area (Å²) in [7, 11) is 0. The van der Waals surface area contributed by atoms with Gasteiger partial charge in [0.2, 0.25) is 0 Å². The van der Waals surface area contributed by atoms with E-state index >= 15 is 0 Å². The van der Waals surface area contributed by atoms with Crippen LogP contribution in [0.15, 0.2) is 35.5 Å². The van der Waals surface area contributed by atoms with Gasteiger partial charge in [-0.2, -0.15) is 0 Å². The number of hydrogen-bond acceptors (Lipinski definition) is 7. The maximum Gasteiger partial charge on any atom is 0.344 e. The van der Waals surface area contributed by atoms with Crippen LogP contribution >= 0.6 is 0 Å². The SMILES string of the molecule is CCOC(=O)C1=C(COC(=O)COc2ccc(C(C)=O)cc2)NC(=O)N[C@H]1CC. The molecule has 0 bridgehead atoms. The Kier molecular flexibility index (Phi) is 7.76. The van der Waals surface area contributed by atoms with E-state index < -0.39 is 24.0 Å². The van der Waals surface area contributed by atoms with Gasteiger partial charge in [0.1, 0.15) is 12.4 Å². The molecule has 0 radical (unpaired) electrons. The predicted octanol–water partition coefficient (Wildman–Crippen LogP) is 1.72. The molecule has 29 heavy (non-hydrogen) atoms. The van der Waals surface area contributed by atoms with Crippen molar-refractivity contribution in [3.05, 3.63) is 41.1 Å². The van der Waals surface area contributed by atoms with Gasteiger partial charge in [-0.25, -0.2) is 14.4 Å². The van der Waals surface area contributed by atoms with E-state index in [-0.39, 0.29) is 36.9 Å². The van der Waals surface area contributed by atoms with Crippen molar-refractivity contribution in [2.24, 2.45) is 0 Å². The van der Waals surface area contributed by atoms with E-state index in [1.165, 1.54) is 6.92 Å². The fraction of sp³-hybridized carbons (Fsp3) is 0.400. The van der Waals surface area contributed by atoms with E-state index in [9.17, 15) is 19.2 Å². The van der Waals surface area contributed by atoms with Crippen molar-refractivity contribution in [3.63, 3.8) is 0 Å². The lowest BCUT2D eigenvalue weighted by atomic mass is 10.0. The highest BCUT2D eigenvalue weighted by Gasteiger charge is 2.32. The lowest BCUT2D eigenvalue weighted by Crippen LogP contribution is -2.51. The first-order valence-electron chi connectivity index (χ1n) is 9.22. The van der Waals surface area contributed by atoms with Crippen molar-refractivity contribution >= 4 is 23.8 Å². The molecule has 1 aromatic carbocycles. The molecule has 1 atom stereocenters. The molecule has 0 saturated carbocycles. The summed E-state index contributed by atoms with van der Waals surface area (Å²) in [6, 6.07) is 5.31. The highest BCUT2D eigenvalue weighted by Crippen LogP contribution is 2.17. The predicted molar refractivity (Wildman–Crippen MR) is 102 cm³/mol. The smallest absolute Gasteiger partial charge is 0.344 e. The van der Waals surface area contributed by atoms with Crippen LogP contribution in [0.1, 0.15) is 37.6 Å². The van der Waals surface area contributed by atoms with Gasteiger partial charge in [0.15, 0.2) is 12.4 Å². The fourth-order valence-electron chi connectivity index (χ4n) is 2.70. The molecule has 0 fully saturated rings. The van der Waals surface area contributed by atoms with Gasteiger partial charge in [0.25, 0.3) is 0 Å². The molecule has 9 nitrogen and oxygen atoms in total. The summed E-state index contributed by atoms with van der Waals surface area (Å²) in [5.41, 5.74) is 0.936. The van der Waals surface area contributed by atoms with E-state index in [4.69, 9.17) is 14.2 Å². The summed E-state index contributed by atoms with van der Waals surface area (Å²) in [5.74, 6) is -0.937. The van der Waals surface area contributed by atoms with Crippen LogP contribution in [0.5, 0.6) is 5.75 Å². The molecule has 0 saturated heterocycles. The lowest BCUT2D eigenvalue weighted by molar-refractivity contribution is -0.145. The second kappa shape index (κ2) is 10.3. The van der Waals surface area contributed by atoms with Crippen LogP contribution in [0.3, 0.4) is 0 Å². The summed E-state index contributed by atoms with van der Waals surface area (Å²) in [6.07, 6.45) is 0.471. The number of hydrogen-bond donors (Lipinski definition) is 2. The van der Waals surface area contributed by atoms with Gasteiger partial charge in [-0.05, 0) is 44.5 Å². The zero-order valence-electron chi connectivity index (χ0n) is 16.6. The van der Waals surface area contributed by atoms with E-state index in [0.29, 0.717) is 17.7 Å². The molecule has 0 unspecified atom stereocenters. The number of carbonyl (C=O) groups excluding carboxylic acids is 4. The van der Waals surface area contributed by atoms with Gasteiger partial charge in [0, 0.05) is 5.56 Å². The molecule has 0 aliphatic carbocycles. The zero-order valence-corrected chi connectivity index (χ0v) is 16.6. The molecule has 2 N–H and O–H groups in total. The van der Waals surface area contributed by atoms with Crippen LogP contribution in [0.4, 0.5) is 4.79 Å². The number of Topliss-reactive ketones (excluding diaryl/α,β-unsaturated/α-hetero) is 1. The van der Waals surface area contributed by atoms with Crippen molar-refractivity contribution in [2.75, 3.05) is 19.8 Å². The number of ketones is 1. The molecule has 2 rings (SSSR count). The van der Waals surface area contributed by atoms with Crippen molar-refractivity contribution in [1.82, 2.24) is 10.6 Å². The molecular formula is C20H24N2O7. The van der Waals surface area contributed by atoms with Crippen LogP contribution in [0.2, 0.25) is 0 Å². The molecule has 0 aromatic heterocycles. The Labute approximate surface area is 168 Å². The van der Waals surface area contributed by atoms with Crippen LogP contribution in [0.25, 0.3) is 0 Å². The largest absolute Gasteiger partial charge is 0.482 e. The first-order valence-corrected chi connectivity index (χ1v) is 9.22. The van der Waals surface area contributed by atoms with Crippen LogP contribution in [0, 0.1) is 0 Å². The van der Waals surface area contributed by atoms with E-state index in [1.54, 1.807) is 31.2 Å².